The molecule has 1 N–H and O–H groups in total. The number of fused-ring (bicyclic) bond motifs is 1. The number of aliphatic imine (C=N–C) groups is 1. The molecule has 1 saturated carbocycles. The Balaban J connectivity index is 0.00000261. The molecule has 2 heterocycles. The molecule has 3 aliphatic rings. The van der Waals surface area contributed by atoms with Gasteiger partial charge in [-0.05, 0) is 40.0 Å². The van der Waals surface area contributed by atoms with Crippen molar-refractivity contribution >= 4 is 36.0 Å². The molecule has 0 aromatic heterocycles. The zero-order chi connectivity index (χ0) is 18.6. The number of halogens is 1. The van der Waals surface area contributed by atoms with Gasteiger partial charge >= 0.3 is 6.09 Å². The normalized spacial score (nSPS) is 22.9. The van der Waals surface area contributed by atoms with Crippen molar-refractivity contribution < 1.29 is 14.3 Å². The highest BCUT2D eigenvalue weighted by Crippen LogP contribution is 2.21. The summed E-state index contributed by atoms with van der Waals surface area (Å²) in [6.45, 7) is 10.3. The molecule has 8 heteroatoms. The topological polar surface area (TPSA) is 66.4 Å². The minimum absolute atomic E-state index is 0. The van der Waals surface area contributed by atoms with Crippen molar-refractivity contribution in [3.63, 3.8) is 0 Å². The molecule has 1 aliphatic carbocycles. The molecule has 0 aromatic carbocycles. The molecule has 2 aliphatic heterocycles. The van der Waals surface area contributed by atoms with Crippen LogP contribution in [0.1, 0.15) is 52.9 Å². The summed E-state index contributed by atoms with van der Waals surface area (Å²) in [5.41, 5.74) is -0.451. The molecule has 0 spiro atoms. The first kappa shape index (κ1) is 22.5. The first-order valence-electron chi connectivity index (χ1n) is 10.1. The SMILES string of the molecule is CC(C)(C)OC(=O)N1CCN2C(NCCCOC3CCCC3)=NCC2C1.I. The number of carbonyl (C=O) groups is 1. The van der Waals surface area contributed by atoms with E-state index in [4.69, 9.17) is 9.47 Å². The van der Waals surface area contributed by atoms with Crippen molar-refractivity contribution in [3.8, 4) is 0 Å². The predicted octanol–water partition coefficient (Wildman–Crippen LogP) is 2.83. The van der Waals surface area contributed by atoms with Crippen LogP contribution in [0.3, 0.4) is 0 Å². The third-order valence-electron chi connectivity index (χ3n) is 5.12. The minimum Gasteiger partial charge on any atom is -0.444 e. The Kier molecular flexibility index (Phi) is 8.45. The maximum Gasteiger partial charge on any atom is 0.410 e. The number of hydrogen-bond acceptors (Lipinski definition) is 6. The van der Waals surface area contributed by atoms with Gasteiger partial charge in [-0.25, -0.2) is 4.79 Å². The van der Waals surface area contributed by atoms with Crippen molar-refractivity contribution in [1.82, 2.24) is 15.1 Å². The molecule has 0 aromatic rings. The number of nitrogens with zero attached hydrogens (tertiary/aromatic N) is 3. The van der Waals surface area contributed by atoms with E-state index in [0.29, 0.717) is 19.2 Å². The van der Waals surface area contributed by atoms with E-state index < -0.39 is 5.60 Å². The van der Waals surface area contributed by atoms with Crippen LogP contribution in [0.25, 0.3) is 0 Å². The average molecular weight is 494 g/mol. The largest absolute Gasteiger partial charge is 0.444 e. The van der Waals surface area contributed by atoms with Crippen LogP contribution in [0.2, 0.25) is 0 Å². The highest BCUT2D eigenvalue weighted by molar-refractivity contribution is 14.0. The molecule has 0 bridgehead atoms. The van der Waals surface area contributed by atoms with Gasteiger partial charge in [0.15, 0.2) is 5.96 Å². The molecule has 1 amide bonds. The lowest BCUT2D eigenvalue weighted by atomic mass is 10.2. The minimum atomic E-state index is -0.451. The van der Waals surface area contributed by atoms with Gasteiger partial charge in [0.2, 0.25) is 0 Å². The highest BCUT2D eigenvalue weighted by atomic mass is 127. The summed E-state index contributed by atoms with van der Waals surface area (Å²) in [6, 6.07) is 0.258. The molecule has 2 fully saturated rings. The van der Waals surface area contributed by atoms with Crippen LogP contribution in [-0.2, 0) is 9.47 Å². The first-order chi connectivity index (χ1) is 12.4. The fourth-order valence-corrected chi connectivity index (χ4v) is 3.80. The molecule has 1 atom stereocenters. The van der Waals surface area contributed by atoms with Crippen LogP contribution in [-0.4, -0.2) is 78.9 Å². The van der Waals surface area contributed by atoms with Crippen molar-refractivity contribution in [1.29, 1.82) is 0 Å². The summed E-state index contributed by atoms with van der Waals surface area (Å²) in [5.74, 6) is 0.972. The van der Waals surface area contributed by atoms with Crippen LogP contribution in [0.5, 0.6) is 0 Å². The third kappa shape index (κ3) is 6.66. The number of hydrogen-bond donors (Lipinski definition) is 1. The summed E-state index contributed by atoms with van der Waals surface area (Å²) in [4.78, 5) is 21.0. The van der Waals surface area contributed by atoms with Crippen molar-refractivity contribution in [2.24, 2.45) is 4.99 Å². The number of rotatable bonds is 5. The average Bonchev–Trinajstić information content (AvgIpc) is 3.22. The van der Waals surface area contributed by atoms with Crippen LogP contribution < -0.4 is 5.32 Å². The smallest absolute Gasteiger partial charge is 0.410 e. The fraction of sp³-hybridized carbons (Fsp3) is 0.895. The zero-order valence-electron chi connectivity index (χ0n) is 16.9. The van der Waals surface area contributed by atoms with Gasteiger partial charge in [0, 0.05) is 32.8 Å². The third-order valence-corrected chi connectivity index (χ3v) is 5.12. The Hall–Kier alpha value is -0.770. The van der Waals surface area contributed by atoms with Gasteiger partial charge in [-0.1, -0.05) is 12.8 Å². The van der Waals surface area contributed by atoms with E-state index >= 15 is 0 Å². The maximum absolute atomic E-state index is 12.3. The van der Waals surface area contributed by atoms with E-state index in [-0.39, 0.29) is 36.1 Å². The van der Waals surface area contributed by atoms with E-state index in [1.807, 2.05) is 20.8 Å². The van der Waals surface area contributed by atoms with Gasteiger partial charge in [-0.2, -0.15) is 0 Å². The predicted molar refractivity (Wildman–Crippen MR) is 117 cm³/mol. The lowest BCUT2D eigenvalue weighted by molar-refractivity contribution is 0.0137. The highest BCUT2D eigenvalue weighted by Gasteiger charge is 2.36. The number of guanidine groups is 1. The van der Waals surface area contributed by atoms with Gasteiger partial charge < -0.3 is 24.6 Å². The van der Waals surface area contributed by atoms with E-state index in [2.05, 4.69) is 15.2 Å². The molecular formula is C19H35IN4O3. The van der Waals surface area contributed by atoms with Gasteiger partial charge in [0.05, 0.1) is 18.7 Å². The Morgan fingerprint density at radius 1 is 1.26 bits per heavy atom. The van der Waals surface area contributed by atoms with Gasteiger partial charge in [-0.3, -0.25) is 4.99 Å². The Bertz CT molecular complexity index is 518. The molecule has 7 nitrogen and oxygen atoms in total. The Labute approximate surface area is 180 Å². The first-order valence-corrected chi connectivity index (χ1v) is 10.1. The Morgan fingerprint density at radius 2 is 2.00 bits per heavy atom. The second-order valence-corrected chi connectivity index (χ2v) is 8.50. The summed E-state index contributed by atoms with van der Waals surface area (Å²) < 4.78 is 11.4. The maximum atomic E-state index is 12.3. The molecule has 156 valence electrons. The molecule has 27 heavy (non-hydrogen) atoms. The lowest BCUT2D eigenvalue weighted by Gasteiger charge is -2.39. The number of piperazine rings is 1. The van der Waals surface area contributed by atoms with Crippen LogP contribution >= 0.6 is 24.0 Å². The fourth-order valence-electron chi connectivity index (χ4n) is 3.80. The number of ether oxygens (including phenoxy) is 2. The van der Waals surface area contributed by atoms with Crippen LogP contribution in [0.4, 0.5) is 4.79 Å². The second-order valence-electron chi connectivity index (χ2n) is 8.50. The van der Waals surface area contributed by atoms with Crippen LogP contribution in [0.15, 0.2) is 4.99 Å². The molecule has 0 radical (unpaired) electrons. The van der Waals surface area contributed by atoms with E-state index in [0.717, 1.165) is 38.6 Å². The standard InChI is InChI=1S/C19H34N4O3.HI/c1-19(2,3)26-18(24)22-10-11-23-15(14-22)13-21-17(23)20-9-6-12-25-16-7-4-5-8-16;/h15-16H,4-14H2,1-3H3,(H,20,21);1H. The summed E-state index contributed by atoms with van der Waals surface area (Å²) >= 11 is 0. The van der Waals surface area contributed by atoms with E-state index in [9.17, 15) is 4.79 Å². The van der Waals surface area contributed by atoms with Gasteiger partial charge in [0.25, 0.3) is 0 Å². The molecule has 1 unspecified atom stereocenters. The molecular weight excluding hydrogens is 459 g/mol. The Morgan fingerprint density at radius 3 is 2.70 bits per heavy atom. The lowest BCUT2D eigenvalue weighted by Crippen LogP contribution is -2.57. The molecule has 1 saturated heterocycles. The second kappa shape index (κ2) is 10.1. The number of carbonyl (C=O) groups excluding carboxylic acids is 1. The zero-order valence-corrected chi connectivity index (χ0v) is 19.2. The van der Waals surface area contributed by atoms with Gasteiger partial charge in [0.1, 0.15) is 5.60 Å². The van der Waals surface area contributed by atoms with Crippen molar-refractivity contribution in [2.45, 2.75) is 70.6 Å². The summed E-state index contributed by atoms with van der Waals surface area (Å²) in [6.07, 6.45) is 6.35. The van der Waals surface area contributed by atoms with Crippen LogP contribution in [0, 0.1) is 0 Å². The monoisotopic (exact) mass is 494 g/mol. The molecule has 3 rings (SSSR count). The van der Waals surface area contributed by atoms with Crippen molar-refractivity contribution in [2.75, 3.05) is 39.3 Å². The number of nitrogens with one attached hydrogen (secondary N) is 1. The van der Waals surface area contributed by atoms with Gasteiger partial charge in [-0.15, -0.1) is 24.0 Å². The summed E-state index contributed by atoms with van der Waals surface area (Å²) in [7, 11) is 0. The summed E-state index contributed by atoms with van der Waals surface area (Å²) in [5, 5.41) is 3.45. The van der Waals surface area contributed by atoms with Crippen molar-refractivity contribution in [3.05, 3.63) is 0 Å². The van der Waals surface area contributed by atoms with E-state index in [1.54, 1.807) is 4.90 Å². The quantitative estimate of drug-likeness (QED) is 0.471. The number of amides is 1. The van der Waals surface area contributed by atoms with E-state index in [1.165, 1.54) is 25.7 Å².